The summed E-state index contributed by atoms with van der Waals surface area (Å²) in [6, 6.07) is 0.937. The maximum atomic E-state index is 13.4. The molecule has 1 N–H and O–H groups in total. The highest BCUT2D eigenvalue weighted by atomic mass is 19.4. The van der Waals surface area contributed by atoms with Gasteiger partial charge in [-0.3, -0.25) is 9.48 Å². The van der Waals surface area contributed by atoms with Crippen LogP contribution >= 0.6 is 0 Å². The maximum Gasteiger partial charge on any atom is 0.435 e. The summed E-state index contributed by atoms with van der Waals surface area (Å²) in [7, 11) is 1.79. The van der Waals surface area contributed by atoms with Crippen molar-refractivity contribution in [2.45, 2.75) is 90.0 Å². The molecule has 0 aromatic carbocycles. The molecule has 0 bridgehead atoms. The van der Waals surface area contributed by atoms with Crippen LogP contribution < -0.4 is 0 Å². The molecule has 35 heavy (non-hydrogen) atoms. The highest BCUT2D eigenvalue weighted by molar-refractivity contribution is 5.82. The van der Waals surface area contributed by atoms with E-state index in [-0.39, 0.29) is 29.1 Å². The van der Waals surface area contributed by atoms with Gasteiger partial charge in [0.2, 0.25) is 0 Å². The number of aromatic nitrogens is 2. The third-order valence-corrected chi connectivity index (χ3v) is 10.7. The molecular weight excluding hydrogens is 457 g/mol. The first-order chi connectivity index (χ1) is 16.4. The second kappa shape index (κ2) is 8.57. The summed E-state index contributed by atoms with van der Waals surface area (Å²) in [5.41, 5.74) is -1.55. The number of carbonyl (C=O) groups is 1. The Hall–Kier alpha value is -1.41. The molecule has 4 saturated carbocycles. The van der Waals surface area contributed by atoms with Crippen molar-refractivity contribution in [3.8, 4) is 0 Å². The number of methoxy groups -OCH3 is 1. The van der Waals surface area contributed by atoms with Crippen molar-refractivity contribution >= 4 is 5.78 Å². The predicted molar refractivity (Wildman–Crippen MR) is 124 cm³/mol. The van der Waals surface area contributed by atoms with Crippen LogP contribution in [0.2, 0.25) is 0 Å². The van der Waals surface area contributed by atoms with Crippen molar-refractivity contribution in [1.29, 1.82) is 0 Å². The van der Waals surface area contributed by atoms with Crippen LogP contribution in [0.1, 0.15) is 77.3 Å². The number of fused-ring (bicyclic) bond motifs is 5. The second-order valence-corrected chi connectivity index (χ2v) is 12.6. The van der Waals surface area contributed by atoms with E-state index in [2.05, 4.69) is 12.0 Å². The van der Waals surface area contributed by atoms with E-state index in [9.17, 15) is 23.1 Å². The van der Waals surface area contributed by atoms with Crippen molar-refractivity contribution in [2.75, 3.05) is 13.7 Å². The van der Waals surface area contributed by atoms with E-state index in [0.29, 0.717) is 23.7 Å². The van der Waals surface area contributed by atoms with E-state index in [1.165, 1.54) is 6.20 Å². The van der Waals surface area contributed by atoms with E-state index >= 15 is 0 Å². The topological polar surface area (TPSA) is 64.3 Å². The van der Waals surface area contributed by atoms with Crippen molar-refractivity contribution in [3.63, 3.8) is 0 Å². The summed E-state index contributed by atoms with van der Waals surface area (Å²) in [6.07, 6.45) is 5.48. The Kier molecular flexibility index (Phi) is 6.18. The molecule has 1 heterocycles. The van der Waals surface area contributed by atoms with Crippen LogP contribution in [0.3, 0.4) is 0 Å². The molecule has 8 heteroatoms. The number of rotatable bonds is 5. The van der Waals surface area contributed by atoms with E-state index < -0.39 is 17.5 Å². The molecule has 196 valence electrons. The lowest BCUT2D eigenvalue weighted by atomic mass is 9.43. The van der Waals surface area contributed by atoms with Gasteiger partial charge in [-0.15, -0.1) is 0 Å². The minimum Gasteiger partial charge on any atom is -0.390 e. The van der Waals surface area contributed by atoms with Gasteiger partial charge in [-0.2, -0.15) is 18.3 Å². The molecule has 1 aromatic heterocycles. The summed E-state index contributed by atoms with van der Waals surface area (Å²) in [5.74, 6) is 1.90. The van der Waals surface area contributed by atoms with Crippen LogP contribution in [-0.4, -0.2) is 40.0 Å². The van der Waals surface area contributed by atoms with Crippen LogP contribution in [0, 0.1) is 40.4 Å². The first-order valence-electron chi connectivity index (χ1n) is 13.2. The lowest BCUT2D eigenvalue weighted by Gasteiger charge is -2.62. The van der Waals surface area contributed by atoms with Crippen LogP contribution in [0.5, 0.6) is 0 Å². The summed E-state index contributed by atoms with van der Waals surface area (Å²) < 4.78 is 45.8. The third kappa shape index (κ3) is 4.16. The molecule has 0 saturated heterocycles. The monoisotopic (exact) mass is 496 g/mol. The lowest BCUT2D eigenvalue weighted by Crippen LogP contribution is -2.58. The maximum absolute atomic E-state index is 13.4. The van der Waals surface area contributed by atoms with Gasteiger partial charge < -0.3 is 9.84 Å². The fourth-order valence-electron chi connectivity index (χ4n) is 9.18. The molecule has 0 spiro atoms. The molecule has 4 aliphatic rings. The molecular formula is C27H39F3N2O3. The van der Waals surface area contributed by atoms with Crippen molar-refractivity contribution in [1.82, 2.24) is 9.78 Å². The number of nitrogens with zero attached hydrogens (tertiary/aromatic N) is 2. The van der Waals surface area contributed by atoms with Gasteiger partial charge in [0.15, 0.2) is 11.5 Å². The average Bonchev–Trinajstić information content (AvgIpc) is 3.38. The Labute approximate surface area is 205 Å². The minimum atomic E-state index is -4.50. The molecule has 4 aliphatic carbocycles. The van der Waals surface area contributed by atoms with Gasteiger partial charge >= 0.3 is 6.18 Å². The second-order valence-electron chi connectivity index (χ2n) is 12.6. The van der Waals surface area contributed by atoms with E-state index in [4.69, 9.17) is 4.74 Å². The Bertz CT molecular complexity index is 960. The minimum absolute atomic E-state index is 0.0132. The van der Waals surface area contributed by atoms with E-state index in [1.54, 1.807) is 7.11 Å². The zero-order chi connectivity index (χ0) is 25.2. The third-order valence-electron chi connectivity index (χ3n) is 10.7. The number of Topliss-reactive ketones (excluding diaryl/α,β-unsaturated/α-hetero) is 1. The summed E-state index contributed by atoms with van der Waals surface area (Å²) >= 11 is 0. The Morgan fingerprint density at radius 3 is 2.60 bits per heavy atom. The molecule has 0 unspecified atom stereocenters. The van der Waals surface area contributed by atoms with Crippen molar-refractivity contribution in [2.24, 2.45) is 40.4 Å². The molecule has 4 fully saturated rings. The first kappa shape index (κ1) is 25.2. The highest BCUT2D eigenvalue weighted by Crippen LogP contribution is 2.68. The normalized spacial score (nSPS) is 43.3. The van der Waals surface area contributed by atoms with Gasteiger partial charge in [-0.05, 0) is 105 Å². The fourth-order valence-corrected chi connectivity index (χ4v) is 9.18. The van der Waals surface area contributed by atoms with Crippen LogP contribution in [0.25, 0.3) is 0 Å². The summed E-state index contributed by atoms with van der Waals surface area (Å²) in [6.45, 7) is 4.87. The van der Waals surface area contributed by atoms with Gasteiger partial charge in [0, 0.05) is 19.2 Å². The number of carbonyl (C=O) groups excluding carboxylic acids is 1. The van der Waals surface area contributed by atoms with Gasteiger partial charge in [0.05, 0.1) is 18.8 Å². The SMILES string of the molecule is COC[C@]12CC[C@@](C)(O)C[C@H]1CC[C@H]1[C@@H]3CC[C@H](C(=O)Cn4ccc(C(F)(F)F)n4)[C@@]3(C)CC[C@@H]12. The number of aliphatic hydroxyl groups is 1. The molecule has 5 rings (SSSR count). The van der Waals surface area contributed by atoms with Gasteiger partial charge in [-0.1, -0.05) is 6.92 Å². The molecule has 5 nitrogen and oxygen atoms in total. The standard InChI is InChI=1S/C27H39F3N2O3/c1-24(34)11-12-26(16-35-3)17(14-24)4-5-18-19-6-7-21(25(19,2)10-8-20(18)26)22(33)15-32-13-9-23(31-32)27(28,29)30/h9,13,17-21,34H,4-8,10-12,14-16H2,1-3H3/t17-,18+,19+,20+,21-,24-,25+,26-/m1/s1. The lowest BCUT2D eigenvalue weighted by molar-refractivity contribution is -0.175. The van der Waals surface area contributed by atoms with Gasteiger partial charge in [0.25, 0.3) is 0 Å². The first-order valence-corrected chi connectivity index (χ1v) is 13.2. The zero-order valence-corrected chi connectivity index (χ0v) is 21.1. The van der Waals surface area contributed by atoms with E-state index in [0.717, 1.165) is 75.1 Å². The highest BCUT2D eigenvalue weighted by Gasteiger charge is 2.63. The summed E-state index contributed by atoms with van der Waals surface area (Å²) in [5, 5.41) is 14.4. The quantitative estimate of drug-likeness (QED) is 0.584. The molecule has 0 aliphatic heterocycles. The van der Waals surface area contributed by atoms with Gasteiger partial charge in [0.1, 0.15) is 0 Å². The fraction of sp³-hybridized carbons (Fsp3) is 0.852. The number of halogens is 3. The largest absolute Gasteiger partial charge is 0.435 e. The number of hydrogen-bond donors (Lipinski definition) is 1. The molecule has 0 radical (unpaired) electrons. The smallest absolute Gasteiger partial charge is 0.390 e. The predicted octanol–water partition coefficient (Wildman–Crippen LogP) is 5.51. The number of hydrogen-bond acceptors (Lipinski definition) is 4. The number of ether oxygens (including phenoxy) is 1. The number of alkyl halides is 3. The van der Waals surface area contributed by atoms with Crippen LogP contribution in [-0.2, 0) is 22.3 Å². The van der Waals surface area contributed by atoms with E-state index in [1.807, 2.05) is 6.92 Å². The molecule has 8 atom stereocenters. The van der Waals surface area contributed by atoms with Crippen molar-refractivity contribution in [3.05, 3.63) is 18.0 Å². The van der Waals surface area contributed by atoms with Crippen LogP contribution in [0.4, 0.5) is 13.2 Å². The Morgan fingerprint density at radius 1 is 1.14 bits per heavy atom. The molecule has 1 aromatic rings. The average molecular weight is 497 g/mol. The Morgan fingerprint density at radius 2 is 1.91 bits per heavy atom. The molecule has 0 amide bonds. The van der Waals surface area contributed by atoms with Crippen molar-refractivity contribution < 1.29 is 27.8 Å². The van der Waals surface area contributed by atoms with Gasteiger partial charge in [-0.25, -0.2) is 0 Å². The Balaban J connectivity index is 1.34. The van der Waals surface area contributed by atoms with Crippen LogP contribution in [0.15, 0.2) is 12.3 Å². The summed E-state index contributed by atoms with van der Waals surface area (Å²) in [4.78, 5) is 13.4. The zero-order valence-electron chi connectivity index (χ0n) is 21.1. The number of ketones is 1.